The van der Waals surface area contributed by atoms with Crippen LogP contribution < -0.4 is 26.2 Å². The Morgan fingerprint density at radius 2 is 0.663 bits per heavy atom. The van der Waals surface area contributed by atoms with E-state index in [1.807, 2.05) is 84.9 Å². The molecule has 0 spiro atoms. The van der Waals surface area contributed by atoms with Crippen LogP contribution in [0.5, 0.6) is 0 Å². The van der Waals surface area contributed by atoms with Gasteiger partial charge in [-0.25, -0.2) is 0 Å². The molecule has 0 fully saturated rings. The summed E-state index contributed by atoms with van der Waals surface area (Å²) in [6, 6.07) is 71.3. The molecule has 474 valence electrons. The minimum Gasteiger partial charge on any atom is -0.310 e. The number of fused-ring (bicyclic) bond motifs is 16. The summed E-state index contributed by atoms with van der Waals surface area (Å²) in [5.41, 5.74) is 15.0. The maximum atomic E-state index is 9.90. The Morgan fingerprint density at radius 3 is 1.03 bits per heavy atom. The number of hydrogen-bond donors (Lipinski definition) is 0. The third-order valence-corrected chi connectivity index (χ3v) is 22.9. The second-order valence-corrected chi connectivity index (χ2v) is 29.1. The van der Waals surface area contributed by atoms with Gasteiger partial charge < -0.3 is 18.9 Å². The fourth-order valence-electron chi connectivity index (χ4n) is 16.1. The van der Waals surface area contributed by atoms with E-state index in [9.17, 15) is 16.4 Å². The van der Waals surface area contributed by atoms with Crippen molar-refractivity contribution in [2.75, 3.05) is 9.80 Å². The molecule has 0 radical (unpaired) electrons. The molecule has 4 nitrogen and oxygen atoms in total. The van der Waals surface area contributed by atoms with Crippen molar-refractivity contribution in [1.82, 2.24) is 9.13 Å². The maximum absolute atomic E-state index is 9.90. The molecule has 2 aliphatic heterocycles. The highest BCUT2D eigenvalue weighted by molar-refractivity contribution is 7.27. The Hall–Kier alpha value is -12.0. The second kappa shape index (κ2) is 22.3. The highest BCUT2D eigenvalue weighted by Gasteiger charge is 2.47. The molecule has 21 rings (SSSR count). The van der Waals surface area contributed by atoms with Gasteiger partial charge in [0.25, 0.3) is 6.71 Å². The summed E-state index contributed by atoms with van der Waals surface area (Å²) in [5, 5.41) is 3.57. The molecular formula is C94H63BN4S2. The Morgan fingerprint density at radius 1 is 0.327 bits per heavy atom. The summed E-state index contributed by atoms with van der Waals surface area (Å²) in [6.07, 6.45) is 0. The third kappa shape index (κ3) is 8.67. The van der Waals surface area contributed by atoms with Crippen LogP contribution in [0.2, 0.25) is 0 Å². The molecular weight excluding hydrogens is 1260 g/mol. The number of thiophene rings is 2. The lowest BCUT2D eigenvalue weighted by Crippen LogP contribution is -2.61. The second-order valence-electron chi connectivity index (χ2n) is 27.0. The van der Waals surface area contributed by atoms with E-state index in [0.717, 1.165) is 130 Å². The molecule has 0 bridgehead atoms. The van der Waals surface area contributed by atoms with E-state index in [2.05, 4.69) is 176 Å². The van der Waals surface area contributed by atoms with Crippen LogP contribution in [-0.2, 0) is 5.41 Å². The maximum Gasteiger partial charge on any atom is 0.252 e. The molecule has 6 heterocycles. The topological polar surface area (TPSA) is 16.3 Å². The van der Waals surface area contributed by atoms with Gasteiger partial charge in [0.05, 0.1) is 55.4 Å². The van der Waals surface area contributed by atoms with E-state index in [1.165, 1.54) is 0 Å². The largest absolute Gasteiger partial charge is 0.310 e. The summed E-state index contributed by atoms with van der Waals surface area (Å²) in [5.74, 6) is 0. The van der Waals surface area contributed by atoms with Gasteiger partial charge in [-0.2, -0.15) is 0 Å². The number of aromatic nitrogens is 2. The molecule has 0 saturated carbocycles. The molecule has 0 N–H and O–H groups in total. The number of benzene rings is 15. The van der Waals surface area contributed by atoms with Crippen LogP contribution in [0.25, 0.3) is 140 Å². The highest BCUT2D eigenvalue weighted by atomic mass is 32.1. The van der Waals surface area contributed by atoms with Gasteiger partial charge in [0, 0.05) is 118 Å². The highest BCUT2D eigenvalue weighted by Crippen LogP contribution is 2.58. The van der Waals surface area contributed by atoms with E-state index in [1.54, 1.807) is 31.8 Å². The van der Waals surface area contributed by atoms with Crippen molar-refractivity contribution in [3.8, 4) is 55.9 Å². The minimum absolute atomic E-state index is 0.0443. The first kappa shape index (κ1) is 44.1. The van der Waals surface area contributed by atoms with Crippen LogP contribution in [0, 0.1) is 0 Å². The predicted molar refractivity (Wildman–Crippen MR) is 435 cm³/mol. The van der Waals surface area contributed by atoms with Gasteiger partial charge in [0.1, 0.15) is 0 Å². The first-order valence-corrected chi connectivity index (χ1v) is 35.3. The van der Waals surface area contributed by atoms with E-state index in [0.29, 0.717) is 22.7 Å². The average Bonchev–Trinajstić information content (AvgIpc) is 1.27. The molecule has 0 amide bonds. The number of nitrogens with zero attached hydrogens (tertiary/aromatic N) is 4. The monoisotopic (exact) mass is 1340 g/mol. The van der Waals surface area contributed by atoms with E-state index in [4.69, 9.17) is 5.48 Å². The molecule has 15 aromatic carbocycles. The van der Waals surface area contributed by atoms with Crippen molar-refractivity contribution in [3.05, 3.63) is 333 Å². The fraction of sp³-hybridized carbons (Fsp3) is 0.0426. The summed E-state index contributed by atoms with van der Waals surface area (Å²) in [7, 11) is 0. The van der Waals surface area contributed by atoms with Crippen LogP contribution >= 0.6 is 22.7 Å². The standard InChI is InChI=1S/C94H63BN4S2/c1-94(2,3)62-52-83-89-84(53-62)99(91-72(59-30-10-5-11-31-59)57-74(61-34-14-7-15-35-61)93-88(91)70-41-21-27-47-86(70)101-93)82-55-64(97-79-44-24-18-38-67(79)68-39-19-25-45-80(68)97)49-51-76(82)95(89)75-50-48-63(96-77-42-22-16-36-65(77)66-37-17-23-43-78(66)96)54-81(75)98(83)90-71(58-28-8-4-9-29-58)56-73(60-32-12-6-13-33-60)92-87(90)69-40-20-26-46-85(69)100-92/h4-57H,1-3H3/i16D,17D,18D,19D,22D,23D,24D,25D,36D,37D,38D,39D,42D,43D,44D,45D. The zero-order valence-electron chi connectivity index (χ0n) is 70.6. The van der Waals surface area contributed by atoms with Gasteiger partial charge in [0.2, 0.25) is 0 Å². The number of anilines is 6. The van der Waals surface area contributed by atoms with Crippen LogP contribution in [0.3, 0.4) is 0 Å². The van der Waals surface area contributed by atoms with E-state index >= 15 is 0 Å². The van der Waals surface area contributed by atoms with Crippen LogP contribution in [0.4, 0.5) is 34.1 Å². The average molecular weight is 1340 g/mol. The van der Waals surface area contributed by atoms with E-state index < -0.39 is 109 Å². The zero-order chi connectivity index (χ0) is 80.7. The van der Waals surface area contributed by atoms with Gasteiger partial charge in [0.15, 0.2) is 0 Å². The van der Waals surface area contributed by atoms with Crippen molar-refractivity contribution in [2.45, 2.75) is 26.2 Å². The Bertz CT molecular complexity index is 7060. The van der Waals surface area contributed by atoms with Crippen molar-refractivity contribution in [3.63, 3.8) is 0 Å². The van der Waals surface area contributed by atoms with Crippen molar-refractivity contribution >= 4 is 164 Å². The summed E-state index contributed by atoms with van der Waals surface area (Å²) in [4.78, 5) is 4.76. The van der Waals surface area contributed by atoms with Gasteiger partial charge >= 0.3 is 0 Å². The number of rotatable bonds is 8. The lowest BCUT2D eigenvalue weighted by atomic mass is 9.33. The molecule has 7 heteroatoms. The predicted octanol–water partition coefficient (Wildman–Crippen LogP) is 24.7. The van der Waals surface area contributed by atoms with Crippen molar-refractivity contribution in [1.29, 1.82) is 0 Å². The molecule has 101 heavy (non-hydrogen) atoms. The van der Waals surface area contributed by atoms with Crippen LogP contribution in [0.1, 0.15) is 48.3 Å². The molecule has 0 atom stereocenters. The normalized spacial score (nSPS) is 15.1. The molecule has 0 aliphatic carbocycles. The minimum atomic E-state index is -0.762. The first-order valence-electron chi connectivity index (χ1n) is 41.7. The van der Waals surface area contributed by atoms with Crippen LogP contribution in [-0.4, -0.2) is 15.8 Å². The van der Waals surface area contributed by atoms with Gasteiger partial charge in [-0.1, -0.05) is 263 Å². The summed E-state index contributed by atoms with van der Waals surface area (Å²) >= 11 is 3.40. The molecule has 4 aromatic heterocycles. The number of para-hydroxylation sites is 4. The van der Waals surface area contributed by atoms with Crippen LogP contribution in [0.15, 0.2) is 327 Å². The molecule has 0 unspecified atom stereocenters. The lowest BCUT2D eigenvalue weighted by Gasteiger charge is -2.46. The van der Waals surface area contributed by atoms with Gasteiger partial charge in [-0.05, 0) is 134 Å². The number of hydrogen-bond acceptors (Lipinski definition) is 4. The van der Waals surface area contributed by atoms with Gasteiger partial charge in [-0.3, -0.25) is 0 Å². The van der Waals surface area contributed by atoms with Gasteiger partial charge in [-0.15, -0.1) is 22.7 Å². The first-order chi connectivity index (χ1) is 56.4. The summed E-state index contributed by atoms with van der Waals surface area (Å²) < 4.78 is 159. The summed E-state index contributed by atoms with van der Waals surface area (Å²) in [6.45, 7) is 5.82. The fourth-order valence-corrected chi connectivity index (χ4v) is 18.6. The molecule has 2 aliphatic rings. The van der Waals surface area contributed by atoms with E-state index in [-0.39, 0.29) is 43.6 Å². The third-order valence-electron chi connectivity index (χ3n) is 20.5. The molecule has 0 saturated heterocycles. The van der Waals surface area contributed by atoms with Crippen molar-refractivity contribution in [2.24, 2.45) is 0 Å². The SMILES string of the molecule is [2H]c1c([2H])c([2H])c2c(c1[2H])c1c([2H])c([2H])c([2H])c([2H])c1n2-c1ccc2c(c1)N(c1c(-c3ccccc3)cc(-c3ccccc3)c3sc4ccccc4c13)c1cc(C(C)(C)C)cc3c1B2c1ccc(-n2c4c([2H])c([2H])c([2H])c([2H])c4c4c([2H])c([2H])c([2H])c([2H])c42)cc1N3c1c(-c2ccccc2)cc(-c2ccccc2)c2sc3ccccc3c12. The van der Waals surface area contributed by atoms with Crippen molar-refractivity contribution < 1.29 is 21.9 Å². The smallest absolute Gasteiger partial charge is 0.252 e. The molecule has 19 aromatic rings. The Labute approximate surface area is 616 Å². The Kier molecular flexibility index (Phi) is 9.72. The quantitative estimate of drug-likeness (QED) is 0.141. The lowest BCUT2D eigenvalue weighted by molar-refractivity contribution is 0.590. The zero-order valence-corrected chi connectivity index (χ0v) is 56.3. The Balaban J connectivity index is 0.991.